The van der Waals surface area contributed by atoms with Crippen molar-refractivity contribution in [3.63, 3.8) is 0 Å². The van der Waals surface area contributed by atoms with E-state index in [0.717, 1.165) is 110 Å². The monoisotopic (exact) mass is 878 g/mol. The molecule has 7 heteroatoms. The molecule has 0 N–H and O–H groups in total. The topological polar surface area (TPSA) is 41.6 Å². The number of furan rings is 1. The van der Waals surface area contributed by atoms with E-state index in [4.69, 9.17) is 17.6 Å². The lowest BCUT2D eigenvalue weighted by Gasteiger charge is -2.14. The Bertz CT molecular complexity index is 4720. The van der Waals surface area contributed by atoms with Crippen LogP contribution in [0, 0.1) is 13.1 Å². The van der Waals surface area contributed by atoms with Crippen molar-refractivity contribution in [2.24, 2.45) is 0 Å². The number of hydrogen-bond donors (Lipinski definition) is 0. The van der Waals surface area contributed by atoms with E-state index in [1.165, 1.54) is 21.5 Å². The second-order valence-electron chi connectivity index (χ2n) is 17.9. The molecule has 15 rings (SSSR count). The van der Waals surface area contributed by atoms with E-state index in [1.54, 1.807) is 0 Å². The van der Waals surface area contributed by atoms with Crippen LogP contribution in [0.5, 0.6) is 0 Å². The van der Waals surface area contributed by atoms with Gasteiger partial charge < -0.3 is 22.7 Å². The lowest BCUT2D eigenvalue weighted by atomic mass is 10.1. The Morgan fingerprint density at radius 3 is 0.913 bits per heavy atom. The number of nitrogens with zero attached hydrogens (tertiary/aromatic N) is 6. The van der Waals surface area contributed by atoms with Crippen LogP contribution in [0.1, 0.15) is 0 Å². The third-order valence-corrected chi connectivity index (χ3v) is 14.3. The minimum atomic E-state index is 0.588. The van der Waals surface area contributed by atoms with Gasteiger partial charge in [0.15, 0.2) is 22.5 Å². The lowest BCUT2D eigenvalue weighted by Crippen LogP contribution is -2.00. The van der Waals surface area contributed by atoms with Crippen LogP contribution < -0.4 is 0 Å². The van der Waals surface area contributed by atoms with Gasteiger partial charge in [0.25, 0.3) is 0 Å². The Kier molecular flexibility index (Phi) is 7.51. The maximum Gasteiger partial charge on any atom is 0.188 e. The smallest absolute Gasteiger partial charge is 0.188 e. The predicted molar refractivity (Wildman–Crippen MR) is 284 cm³/mol. The third kappa shape index (κ3) is 5.08. The first-order valence-electron chi connectivity index (χ1n) is 23.0. The maximum atomic E-state index is 7.95. The van der Waals surface area contributed by atoms with Gasteiger partial charge in [0.2, 0.25) is 0 Å². The highest BCUT2D eigenvalue weighted by atomic mass is 16.3. The molecule has 0 radical (unpaired) electrons. The summed E-state index contributed by atoms with van der Waals surface area (Å²) in [6.45, 7) is 15.9. The van der Waals surface area contributed by atoms with Crippen molar-refractivity contribution < 1.29 is 4.42 Å². The van der Waals surface area contributed by atoms with Crippen molar-refractivity contribution in [1.82, 2.24) is 18.3 Å². The molecule has 5 heterocycles. The van der Waals surface area contributed by atoms with Crippen LogP contribution in [-0.2, 0) is 0 Å². The van der Waals surface area contributed by atoms with Gasteiger partial charge in [0.1, 0.15) is 0 Å². The first-order valence-corrected chi connectivity index (χ1v) is 23.0. The molecule has 0 saturated carbocycles. The largest absolute Gasteiger partial charge is 0.452 e. The fraction of sp³-hybridized carbons (Fsp3) is 0. The second-order valence-corrected chi connectivity index (χ2v) is 17.9. The summed E-state index contributed by atoms with van der Waals surface area (Å²) >= 11 is 0. The van der Waals surface area contributed by atoms with E-state index in [0.29, 0.717) is 11.4 Å². The van der Waals surface area contributed by atoms with Gasteiger partial charge in [-0.05, 0) is 95.7 Å². The lowest BCUT2D eigenvalue weighted by molar-refractivity contribution is 0.663. The van der Waals surface area contributed by atoms with E-state index in [-0.39, 0.29) is 0 Å². The van der Waals surface area contributed by atoms with Gasteiger partial charge in [-0.1, -0.05) is 121 Å². The Balaban J connectivity index is 1.16. The van der Waals surface area contributed by atoms with Gasteiger partial charge in [-0.2, -0.15) is 0 Å². The average molecular weight is 879 g/mol. The van der Waals surface area contributed by atoms with Gasteiger partial charge in [-0.15, -0.1) is 0 Å². The van der Waals surface area contributed by atoms with Gasteiger partial charge in [-0.3, -0.25) is 0 Å². The molecule has 318 valence electrons. The van der Waals surface area contributed by atoms with Crippen molar-refractivity contribution in [3.8, 4) is 22.7 Å². The van der Waals surface area contributed by atoms with Crippen LogP contribution in [0.4, 0.5) is 11.4 Å². The quantitative estimate of drug-likeness (QED) is 0.162. The number of rotatable bonds is 4. The molecule has 0 atom stereocenters. The Morgan fingerprint density at radius 2 is 0.565 bits per heavy atom. The number of aromatic nitrogens is 4. The number of hydrogen-bond acceptors (Lipinski definition) is 1. The third-order valence-electron chi connectivity index (χ3n) is 14.3. The van der Waals surface area contributed by atoms with Crippen molar-refractivity contribution in [2.45, 2.75) is 0 Å². The van der Waals surface area contributed by atoms with Crippen molar-refractivity contribution in [1.29, 1.82) is 0 Å². The summed E-state index contributed by atoms with van der Waals surface area (Å²) in [6.07, 6.45) is 0. The number of para-hydroxylation sites is 6. The maximum absolute atomic E-state index is 7.95. The standard InChI is InChI=1S/C62H34N6O/c1-63-37-27-29-57-47(31-37)45-19-7-11-23-53(45)66(57)40-34-50-49-33-39(65-51-21-9-3-15-41(51)42-16-4-10-22-52(42)65)35-59(67-54-24-12-5-17-43(54)44-18-6-13-25-55(44)67)61(49)69-62(50)60(36-40)68-56-26-14-8-20-46(56)48-32-38(64-2)28-30-58(48)68/h3-36H. The van der Waals surface area contributed by atoms with Crippen LogP contribution in [0.25, 0.3) is 142 Å². The summed E-state index contributed by atoms with van der Waals surface area (Å²) in [5.41, 5.74) is 14.9. The molecule has 7 nitrogen and oxygen atoms in total. The van der Waals surface area contributed by atoms with E-state index in [1.807, 2.05) is 24.3 Å². The summed E-state index contributed by atoms with van der Waals surface area (Å²) in [4.78, 5) is 7.68. The Hall–Kier alpha value is -9.82. The van der Waals surface area contributed by atoms with Crippen molar-refractivity contribution >= 4 is 121 Å². The summed E-state index contributed by atoms with van der Waals surface area (Å²) in [7, 11) is 0. The molecule has 0 aliphatic carbocycles. The van der Waals surface area contributed by atoms with Crippen molar-refractivity contribution in [3.05, 3.63) is 229 Å². The molecular weight excluding hydrogens is 845 g/mol. The van der Waals surface area contributed by atoms with E-state index < -0.39 is 0 Å². The average Bonchev–Trinajstić information content (AvgIpc) is 4.21. The Labute approximate surface area is 393 Å². The highest BCUT2D eigenvalue weighted by Gasteiger charge is 2.26. The zero-order valence-electron chi connectivity index (χ0n) is 36.7. The normalized spacial score (nSPS) is 12.0. The van der Waals surface area contributed by atoms with E-state index >= 15 is 0 Å². The zero-order chi connectivity index (χ0) is 45.5. The van der Waals surface area contributed by atoms with Crippen LogP contribution in [0.2, 0.25) is 0 Å². The minimum absolute atomic E-state index is 0.588. The summed E-state index contributed by atoms with van der Waals surface area (Å²) < 4.78 is 17.0. The highest BCUT2D eigenvalue weighted by molar-refractivity contribution is 6.18. The molecule has 0 aliphatic rings. The molecule has 0 unspecified atom stereocenters. The van der Waals surface area contributed by atoms with E-state index in [2.05, 4.69) is 210 Å². The predicted octanol–water partition coefficient (Wildman–Crippen LogP) is 17.1. The molecule has 69 heavy (non-hydrogen) atoms. The summed E-state index contributed by atoms with van der Waals surface area (Å²) in [5.74, 6) is 0. The van der Waals surface area contributed by atoms with Gasteiger partial charge in [0, 0.05) is 54.5 Å². The molecule has 0 amide bonds. The molecule has 0 aliphatic heterocycles. The fourth-order valence-corrected chi connectivity index (χ4v) is 11.5. The molecule has 0 saturated heterocycles. The first-order chi connectivity index (χ1) is 34.1. The first kappa shape index (κ1) is 37.4. The van der Waals surface area contributed by atoms with E-state index in [9.17, 15) is 0 Å². The fourth-order valence-electron chi connectivity index (χ4n) is 11.5. The molecule has 0 fully saturated rings. The highest BCUT2D eigenvalue weighted by Crippen LogP contribution is 2.46. The minimum Gasteiger partial charge on any atom is -0.452 e. The molecule has 0 spiro atoms. The van der Waals surface area contributed by atoms with Crippen LogP contribution in [-0.4, -0.2) is 18.3 Å². The summed E-state index contributed by atoms with van der Waals surface area (Å²) in [6, 6.07) is 72.6. The number of benzene rings is 10. The molecule has 10 aromatic carbocycles. The van der Waals surface area contributed by atoms with Gasteiger partial charge in [-0.25, -0.2) is 9.69 Å². The summed E-state index contributed by atoms with van der Waals surface area (Å²) in [5, 5.41) is 10.8. The molecular formula is C62H34N6O. The van der Waals surface area contributed by atoms with Gasteiger partial charge >= 0.3 is 0 Å². The molecule has 15 aromatic rings. The number of fused-ring (bicyclic) bond motifs is 15. The van der Waals surface area contributed by atoms with Crippen LogP contribution >= 0.6 is 0 Å². The zero-order valence-corrected chi connectivity index (χ0v) is 36.7. The second kappa shape index (κ2) is 13.9. The van der Waals surface area contributed by atoms with Crippen LogP contribution in [0.15, 0.2) is 211 Å². The SMILES string of the molecule is [C-]#[N+]c1ccc2c(c1)c1ccccc1n2-c1cc(-n2c3ccccc3c3cc([N+]#[C-])ccc32)c2oc3c(-n4c5ccccc5c5ccccc54)cc(-n4c5ccccc5c5ccccc54)cc3c2c1. The molecule has 5 aromatic heterocycles. The molecule has 0 bridgehead atoms. The van der Waals surface area contributed by atoms with Crippen molar-refractivity contribution in [2.75, 3.05) is 0 Å². The Morgan fingerprint density at radius 1 is 0.275 bits per heavy atom. The van der Waals surface area contributed by atoms with Crippen LogP contribution in [0.3, 0.4) is 0 Å². The van der Waals surface area contributed by atoms with Gasteiger partial charge in [0.05, 0.1) is 68.7 Å².